The lowest BCUT2D eigenvalue weighted by atomic mass is 10.0. The molecular weight excluding hydrogens is 333 g/mol. The van der Waals surface area contributed by atoms with Gasteiger partial charge in [0.1, 0.15) is 11.5 Å². The average Bonchev–Trinajstić information content (AvgIpc) is 2.97. The molecule has 0 radical (unpaired) electrons. The highest BCUT2D eigenvalue weighted by Crippen LogP contribution is 2.24. The lowest BCUT2D eigenvalue weighted by Gasteiger charge is -2.35. The molecule has 1 aromatic heterocycles. The minimum Gasteiger partial charge on any atom is -0.369 e. The number of hydrogen-bond donors (Lipinski definition) is 1. The van der Waals surface area contributed by atoms with Gasteiger partial charge in [0, 0.05) is 43.6 Å². The Morgan fingerprint density at radius 3 is 2.69 bits per heavy atom. The number of Topliss-reactive ketones (excluding diaryl/α,β-unsaturated/α-hetero) is 1. The number of carbonyl (C=O) groups is 2. The molecule has 0 saturated carbocycles. The van der Waals surface area contributed by atoms with Crippen LogP contribution in [0.2, 0.25) is 0 Å². The van der Waals surface area contributed by atoms with Gasteiger partial charge in [-0.2, -0.15) is 0 Å². The maximum absolute atomic E-state index is 13.3. The molecule has 5 nitrogen and oxygen atoms in total. The summed E-state index contributed by atoms with van der Waals surface area (Å²) in [5, 5.41) is 3.07. The van der Waals surface area contributed by atoms with Crippen molar-refractivity contribution in [3.8, 4) is 0 Å². The average molecular weight is 357 g/mol. The Morgan fingerprint density at radius 2 is 2.04 bits per heavy atom. The van der Waals surface area contributed by atoms with Crippen LogP contribution >= 0.6 is 0 Å². The first-order valence-electron chi connectivity index (χ1n) is 8.84. The lowest BCUT2D eigenvalue weighted by Crippen LogP contribution is -2.48. The number of aromatic nitrogens is 1. The van der Waals surface area contributed by atoms with Crippen molar-refractivity contribution in [2.24, 2.45) is 7.05 Å². The summed E-state index contributed by atoms with van der Waals surface area (Å²) in [6.45, 7) is 4.95. The monoisotopic (exact) mass is 357 g/mol. The first-order chi connectivity index (χ1) is 12.3. The Bertz CT molecular complexity index is 844. The molecule has 0 aliphatic carbocycles. The number of amides is 1. The number of hydrogen-bond acceptors (Lipinski definition) is 3. The van der Waals surface area contributed by atoms with Gasteiger partial charge in [0.15, 0.2) is 5.78 Å². The van der Waals surface area contributed by atoms with Gasteiger partial charge in [0.25, 0.3) is 5.91 Å². The van der Waals surface area contributed by atoms with E-state index in [-0.39, 0.29) is 23.5 Å². The van der Waals surface area contributed by atoms with E-state index < -0.39 is 0 Å². The Kier molecular flexibility index (Phi) is 5.11. The van der Waals surface area contributed by atoms with E-state index in [0.29, 0.717) is 17.8 Å². The zero-order chi connectivity index (χ0) is 18.8. The molecule has 1 fully saturated rings. The van der Waals surface area contributed by atoms with Crippen LogP contribution < -0.4 is 10.2 Å². The van der Waals surface area contributed by atoms with E-state index >= 15 is 0 Å². The van der Waals surface area contributed by atoms with Gasteiger partial charge < -0.3 is 14.8 Å². The van der Waals surface area contributed by atoms with Gasteiger partial charge in [-0.25, -0.2) is 4.39 Å². The van der Waals surface area contributed by atoms with E-state index in [1.807, 2.05) is 6.92 Å². The van der Waals surface area contributed by atoms with E-state index in [2.05, 4.69) is 10.2 Å². The number of rotatable bonds is 4. The molecular formula is C20H24FN3O2. The summed E-state index contributed by atoms with van der Waals surface area (Å²) in [5.41, 5.74) is 2.91. The molecule has 3 rings (SSSR count). The molecule has 1 atom stereocenters. The SMILES string of the molecule is CC(=O)c1cc(C(=O)NC2CCCN(c3ccc(F)cc3C)C2)n(C)c1. The summed E-state index contributed by atoms with van der Waals surface area (Å²) >= 11 is 0. The van der Waals surface area contributed by atoms with E-state index in [1.165, 1.54) is 19.1 Å². The number of halogens is 1. The molecule has 1 aliphatic rings. The topological polar surface area (TPSA) is 54.3 Å². The standard InChI is InChI=1S/C20H24FN3O2/c1-13-9-16(21)6-7-18(13)24-8-4-5-17(12-24)22-20(26)19-10-15(14(2)25)11-23(19)3/h6-7,9-11,17H,4-5,8,12H2,1-3H3,(H,22,26). The first kappa shape index (κ1) is 18.2. The molecule has 1 aliphatic heterocycles. The van der Waals surface area contributed by atoms with Gasteiger partial charge in [0.2, 0.25) is 0 Å². The van der Waals surface area contributed by atoms with Crippen LogP contribution in [0.3, 0.4) is 0 Å². The maximum Gasteiger partial charge on any atom is 0.268 e. The van der Waals surface area contributed by atoms with Crippen molar-refractivity contribution < 1.29 is 14.0 Å². The van der Waals surface area contributed by atoms with Crippen LogP contribution in [0.4, 0.5) is 10.1 Å². The van der Waals surface area contributed by atoms with E-state index in [4.69, 9.17) is 0 Å². The smallest absolute Gasteiger partial charge is 0.268 e. The molecule has 0 bridgehead atoms. The molecule has 138 valence electrons. The number of nitrogens with one attached hydrogen (secondary N) is 1. The number of anilines is 1. The number of nitrogens with zero attached hydrogens (tertiary/aromatic N) is 2. The Morgan fingerprint density at radius 1 is 1.27 bits per heavy atom. The number of ketones is 1. The molecule has 1 aromatic carbocycles. The summed E-state index contributed by atoms with van der Waals surface area (Å²) in [5.74, 6) is -0.476. The number of benzene rings is 1. The largest absolute Gasteiger partial charge is 0.369 e. The third-order valence-electron chi connectivity index (χ3n) is 4.90. The molecule has 1 N–H and O–H groups in total. The fraction of sp³-hybridized carbons (Fsp3) is 0.400. The lowest BCUT2D eigenvalue weighted by molar-refractivity contribution is 0.0924. The highest BCUT2D eigenvalue weighted by atomic mass is 19.1. The van der Waals surface area contributed by atoms with Crippen molar-refractivity contribution in [3.63, 3.8) is 0 Å². The third-order valence-corrected chi connectivity index (χ3v) is 4.90. The van der Waals surface area contributed by atoms with Crippen LogP contribution in [0.25, 0.3) is 0 Å². The summed E-state index contributed by atoms with van der Waals surface area (Å²) in [4.78, 5) is 26.3. The maximum atomic E-state index is 13.3. The molecule has 1 amide bonds. The Labute approximate surface area is 152 Å². The molecule has 1 saturated heterocycles. The molecule has 2 aromatic rings. The van der Waals surface area contributed by atoms with Crippen molar-refractivity contribution in [1.82, 2.24) is 9.88 Å². The van der Waals surface area contributed by atoms with E-state index in [0.717, 1.165) is 30.6 Å². The minimum absolute atomic E-state index is 0.0105. The molecule has 26 heavy (non-hydrogen) atoms. The van der Waals surface area contributed by atoms with Gasteiger partial charge in [-0.3, -0.25) is 9.59 Å². The minimum atomic E-state index is -0.238. The van der Waals surface area contributed by atoms with Crippen molar-refractivity contribution in [2.45, 2.75) is 32.7 Å². The van der Waals surface area contributed by atoms with Crippen LogP contribution in [-0.4, -0.2) is 35.4 Å². The van der Waals surface area contributed by atoms with Crippen molar-refractivity contribution in [3.05, 3.63) is 53.1 Å². The van der Waals surface area contributed by atoms with Gasteiger partial charge in [-0.15, -0.1) is 0 Å². The van der Waals surface area contributed by atoms with E-state index in [9.17, 15) is 14.0 Å². The van der Waals surface area contributed by atoms with Crippen LogP contribution in [0, 0.1) is 12.7 Å². The Balaban J connectivity index is 1.70. The molecule has 2 heterocycles. The van der Waals surface area contributed by atoms with E-state index in [1.54, 1.807) is 29.9 Å². The fourth-order valence-electron chi connectivity index (χ4n) is 3.53. The molecule has 6 heteroatoms. The van der Waals surface area contributed by atoms with Crippen molar-refractivity contribution in [1.29, 1.82) is 0 Å². The van der Waals surface area contributed by atoms with Crippen LogP contribution in [-0.2, 0) is 7.05 Å². The molecule has 0 spiro atoms. The van der Waals surface area contributed by atoms with Gasteiger partial charge in [-0.05, 0) is 56.5 Å². The predicted molar refractivity (Wildman–Crippen MR) is 99.3 cm³/mol. The van der Waals surface area contributed by atoms with Gasteiger partial charge >= 0.3 is 0 Å². The zero-order valence-corrected chi connectivity index (χ0v) is 15.4. The number of aryl methyl sites for hydroxylation is 2. The normalized spacial score (nSPS) is 17.2. The summed E-state index contributed by atoms with van der Waals surface area (Å²) < 4.78 is 15.0. The number of carbonyl (C=O) groups excluding carboxylic acids is 2. The van der Waals surface area contributed by atoms with Gasteiger partial charge in [0.05, 0.1) is 0 Å². The van der Waals surface area contributed by atoms with Crippen molar-refractivity contribution in [2.75, 3.05) is 18.0 Å². The quantitative estimate of drug-likeness (QED) is 0.856. The van der Waals surface area contributed by atoms with Crippen LogP contribution in [0.15, 0.2) is 30.5 Å². The fourth-order valence-corrected chi connectivity index (χ4v) is 3.53. The van der Waals surface area contributed by atoms with Gasteiger partial charge in [-0.1, -0.05) is 0 Å². The highest BCUT2D eigenvalue weighted by molar-refractivity contribution is 5.99. The van der Waals surface area contributed by atoms with Crippen molar-refractivity contribution >= 4 is 17.4 Å². The Hall–Kier alpha value is -2.63. The summed E-state index contributed by atoms with van der Waals surface area (Å²) in [6.07, 6.45) is 3.52. The first-order valence-corrected chi connectivity index (χ1v) is 8.84. The zero-order valence-electron chi connectivity index (χ0n) is 15.4. The van der Waals surface area contributed by atoms with Crippen LogP contribution in [0.1, 0.15) is 46.2 Å². The molecule has 1 unspecified atom stereocenters. The second kappa shape index (κ2) is 7.32. The predicted octanol–water partition coefficient (Wildman–Crippen LogP) is 3.07. The summed E-state index contributed by atoms with van der Waals surface area (Å²) in [7, 11) is 1.76. The second-order valence-corrected chi connectivity index (χ2v) is 6.97. The number of piperidine rings is 1. The summed E-state index contributed by atoms with van der Waals surface area (Å²) in [6, 6.07) is 6.44. The third kappa shape index (κ3) is 3.79. The highest BCUT2D eigenvalue weighted by Gasteiger charge is 2.24. The second-order valence-electron chi connectivity index (χ2n) is 6.97. The van der Waals surface area contributed by atoms with Crippen LogP contribution in [0.5, 0.6) is 0 Å².